The molecule has 1 heterocycles. The molecule has 1 aromatic heterocycles. The lowest BCUT2D eigenvalue weighted by atomic mass is 10.1. The predicted molar refractivity (Wildman–Crippen MR) is 94.2 cm³/mol. The van der Waals surface area contributed by atoms with Crippen LogP contribution in [-0.4, -0.2) is 22.8 Å². The number of hydrogen-bond acceptors (Lipinski definition) is 2. The van der Waals surface area contributed by atoms with E-state index in [-0.39, 0.29) is 6.03 Å². The van der Waals surface area contributed by atoms with Crippen LogP contribution in [0.3, 0.4) is 0 Å². The third-order valence-electron chi connectivity index (χ3n) is 3.47. The number of para-hydroxylation sites is 2. The molecule has 0 saturated heterocycles. The Kier molecular flexibility index (Phi) is 4.38. The van der Waals surface area contributed by atoms with Gasteiger partial charge in [0.05, 0.1) is 11.2 Å². The number of aromatic nitrogens is 2. The van der Waals surface area contributed by atoms with E-state index < -0.39 is 0 Å². The molecule has 2 aromatic carbocycles. The molecule has 0 aliphatic rings. The van der Waals surface area contributed by atoms with Gasteiger partial charge in [0, 0.05) is 17.6 Å². The van der Waals surface area contributed by atoms with Crippen LogP contribution in [0.15, 0.2) is 48.5 Å². The molecule has 3 aromatic rings. The number of rotatable bonds is 4. The standard InChI is InChI=1S/C18H18N4O/c1-2-19-18(23)20-15-9-5-3-7-13(15)11-12-17-14-8-4-6-10-16(14)21-22-17/h3-12H,2H2,1H3,(H,21,22)(H2,19,20,23)/b12-11+. The van der Waals surface area contributed by atoms with Gasteiger partial charge in [0.15, 0.2) is 0 Å². The predicted octanol–water partition coefficient (Wildman–Crippen LogP) is 3.87. The van der Waals surface area contributed by atoms with Crippen LogP contribution in [0, 0.1) is 0 Å². The highest BCUT2D eigenvalue weighted by molar-refractivity contribution is 5.94. The summed E-state index contributed by atoms with van der Waals surface area (Å²) >= 11 is 0. The molecule has 0 radical (unpaired) electrons. The minimum Gasteiger partial charge on any atom is -0.338 e. The molecule has 0 bridgehead atoms. The van der Waals surface area contributed by atoms with E-state index in [9.17, 15) is 4.79 Å². The lowest BCUT2D eigenvalue weighted by molar-refractivity contribution is 0.252. The second-order valence-electron chi connectivity index (χ2n) is 5.06. The molecule has 0 fully saturated rings. The topological polar surface area (TPSA) is 69.8 Å². The van der Waals surface area contributed by atoms with Gasteiger partial charge in [0.1, 0.15) is 0 Å². The molecule has 0 aliphatic heterocycles. The molecular formula is C18H18N4O. The Morgan fingerprint density at radius 2 is 1.91 bits per heavy atom. The number of amides is 2. The van der Waals surface area contributed by atoms with Crippen LogP contribution in [0.4, 0.5) is 10.5 Å². The number of aromatic amines is 1. The van der Waals surface area contributed by atoms with Gasteiger partial charge in [0.2, 0.25) is 0 Å². The van der Waals surface area contributed by atoms with E-state index in [2.05, 4.69) is 20.8 Å². The van der Waals surface area contributed by atoms with Crippen molar-refractivity contribution in [3.63, 3.8) is 0 Å². The zero-order chi connectivity index (χ0) is 16.1. The van der Waals surface area contributed by atoms with Gasteiger partial charge in [0.25, 0.3) is 0 Å². The van der Waals surface area contributed by atoms with Crippen molar-refractivity contribution in [3.8, 4) is 0 Å². The number of urea groups is 1. The van der Waals surface area contributed by atoms with E-state index in [1.165, 1.54) is 0 Å². The van der Waals surface area contributed by atoms with Gasteiger partial charge in [-0.05, 0) is 30.7 Å². The number of fused-ring (bicyclic) bond motifs is 1. The van der Waals surface area contributed by atoms with E-state index in [1.807, 2.05) is 67.6 Å². The van der Waals surface area contributed by atoms with Crippen molar-refractivity contribution in [2.45, 2.75) is 6.92 Å². The number of carbonyl (C=O) groups excluding carboxylic acids is 1. The molecule has 0 atom stereocenters. The SMILES string of the molecule is CCNC(=O)Nc1ccccc1/C=C/c1n[nH]c2ccccc12. The summed E-state index contributed by atoms with van der Waals surface area (Å²) in [6.45, 7) is 2.47. The van der Waals surface area contributed by atoms with E-state index in [0.29, 0.717) is 6.54 Å². The lowest BCUT2D eigenvalue weighted by Crippen LogP contribution is -2.28. The molecule has 3 N–H and O–H groups in total. The summed E-state index contributed by atoms with van der Waals surface area (Å²) in [6.07, 6.45) is 3.89. The highest BCUT2D eigenvalue weighted by Crippen LogP contribution is 2.21. The number of hydrogen-bond donors (Lipinski definition) is 3. The van der Waals surface area contributed by atoms with E-state index >= 15 is 0 Å². The van der Waals surface area contributed by atoms with Gasteiger partial charge in [-0.1, -0.05) is 42.5 Å². The van der Waals surface area contributed by atoms with Crippen LogP contribution in [0.2, 0.25) is 0 Å². The average Bonchev–Trinajstić information content (AvgIpc) is 2.97. The van der Waals surface area contributed by atoms with Gasteiger partial charge in [-0.2, -0.15) is 5.10 Å². The summed E-state index contributed by atoms with van der Waals surface area (Å²) in [6, 6.07) is 15.4. The monoisotopic (exact) mass is 306 g/mol. The summed E-state index contributed by atoms with van der Waals surface area (Å²) in [4.78, 5) is 11.7. The number of anilines is 1. The fraction of sp³-hybridized carbons (Fsp3) is 0.111. The van der Waals surface area contributed by atoms with E-state index in [1.54, 1.807) is 0 Å². The molecule has 5 heteroatoms. The molecule has 0 saturated carbocycles. The number of H-pyrrole nitrogens is 1. The summed E-state index contributed by atoms with van der Waals surface area (Å²) in [5, 5.41) is 14.0. The van der Waals surface area contributed by atoms with Crippen LogP contribution < -0.4 is 10.6 Å². The number of nitrogens with one attached hydrogen (secondary N) is 3. The Balaban J connectivity index is 1.86. The van der Waals surface area contributed by atoms with Crippen molar-refractivity contribution in [2.75, 3.05) is 11.9 Å². The summed E-state index contributed by atoms with van der Waals surface area (Å²) < 4.78 is 0. The molecular weight excluding hydrogens is 288 g/mol. The first-order valence-corrected chi connectivity index (χ1v) is 7.53. The van der Waals surface area contributed by atoms with Gasteiger partial charge < -0.3 is 10.6 Å². The molecule has 5 nitrogen and oxygen atoms in total. The number of benzene rings is 2. The number of carbonyl (C=O) groups is 1. The van der Waals surface area contributed by atoms with Crippen LogP contribution in [0.1, 0.15) is 18.2 Å². The summed E-state index contributed by atoms with van der Waals surface area (Å²) in [5.74, 6) is 0. The first-order chi connectivity index (χ1) is 11.3. The Hall–Kier alpha value is -3.08. The molecule has 2 amide bonds. The van der Waals surface area contributed by atoms with Crippen LogP contribution in [0.5, 0.6) is 0 Å². The van der Waals surface area contributed by atoms with E-state index in [0.717, 1.165) is 27.8 Å². The minimum absolute atomic E-state index is 0.210. The third kappa shape index (κ3) is 3.40. The normalized spacial score (nSPS) is 11.0. The molecule has 3 rings (SSSR count). The molecule has 116 valence electrons. The maximum Gasteiger partial charge on any atom is 0.319 e. The highest BCUT2D eigenvalue weighted by Gasteiger charge is 2.04. The Labute approximate surface area is 134 Å². The van der Waals surface area contributed by atoms with Crippen molar-refractivity contribution >= 4 is 34.8 Å². The van der Waals surface area contributed by atoms with Gasteiger partial charge >= 0.3 is 6.03 Å². The summed E-state index contributed by atoms with van der Waals surface area (Å²) in [5.41, 5.74) is 3.55. The smallest absolute Gasteiger partial charge is 0.319 e. The Morgan fingerprint density at radius 1 is 1.13 bits per heavy atom. The fourth-order valence-electron chi connectivity index (χ4n) is 2.36. The minimum atomic E-state index is -0.210. The lowest BCUT2D eigenvalue weighted by Gasteiger charge is -2.08. The first kappa shape index (κ1) is 14.8. The second kappa shape index (κ2) is 6.79. The van der Waals surface area contributed by atoms with Crippen molar-refractivity contribution in [1.29, 1.82) is 0 Å². The van der Waals surface area contributed by atoms with Crippen molar-refractivity contribution in [2.24, 2.45) is 0 Å². The number of nitrogens with zero attached hydrogens (tertiary/aromatic N) is 1. The van der Waals surface area contributed by atoms with Crippen LogP contribution in [-0.2, 0) is 0 Å². The van der Waals surface area contributed by atoms with Crippen molar-refractivity contribution < 1.29 is 4.79 Å². The zero-order valence-electron chi connectivity index (χ0n) is 12.8. The Morgan fingerprint density at radius 3 is 2.78 bits per heavy atom. The fourth-order valence-corrected chi connectivity index (χ4v) is 2.36. The van der Waals surface area contributed by atoms with Gasteiger partial charge in [-0.15, -0.1) is 0 Å². The van der Waals surface area contributed by atoms with Crippen molar-refractivity contribution in [1.82, 2.24) is 15.5 Å². The molecule has 23 heavy (non-hydrogen) atoms. The van der Waals surface area contributed by atoms with Gasteiger partial charge in [-0.3, -0.25) is 5.10 Å². The van der Waals surface area contributed by atoms with Crippen LogP contribution in [0.25, 0.3) is 23.1 Å². The molecule has 0 spiro atoms. The average molecular weight is 306 g/mol. The van der Waals surface area contributed by atoms with Gasteiger partial charge in [-0.25, -0.2) is 4.79 Å². The Bertz CT molecular complexity index is 851. The summed E-state index contributed by atoms with van der Waals surface area (Å²) in [7, 11) is 0. The maximum absolute atomic E-state index is 11.7. The van der Waals surface area contributed by atoms with E-state index in [4.69, 9.17) is 0 Å². The second-order valence-corrected chi connectivity index (χ2v) is 5.06. The highest BCUT2D eigenvalue weighted by atomic mass is 16.2. The maximum atomic E-state index is 11.7. The largest absolute Gasteiger partial charge is 0.338 e. The van der Waals surface area contributed by atoms with Crippen molar-refractivity contribution in [3.05, 3.63) is 59.8 Å². The quantitative estimate of drug-likeness (QED) is 0.684. The zero-order valence-corrected chi connectivity index (χ0v) is 12.8. The first-order valence-electron chi connectivity index (χ1n) is 7.53. The molecule has 0 aliphatic carbocycles. The van der Waals surface area contributed by atoms with Crippen LogP contribution >= 0.6 is 0 Å². The molecule has 0 unspecified atom stereocenters. The third-order valence-corrected chi connectivity index (χ3v) is 3.47.